The minimum Gasteiger partial charge on any atom is -0.192 e. The van der Waals surface area contributed by atoms with Gasteiger partial charge in [-0.3, -0.25) is 0 Å². The first-order valence-electron chi connectivity index (χ1n) is 9.46. The second-order valence-electron chi connectivity index (χ2n) is 6.43. The van der Waals surface area contributed by atoms with E-state index in [0.29, 0.717) is 0 Å². The lowest BCUT2D eigenvalue weighted by molar-refractivity contribution is 1.56. The summed E-state index contributed by atoms with van der Waals surface area (Å²) in [5.74, 6) is 0. The van der Waals surface area contributed by atoms with Gasteiger partial charge in [-0.15, -0.1) is 0 Å². The quantitative estimate of drug-likeness (QED) is 0.267. The van der Waals surface area contributed by atoms with E-state index in [4.69, 9.17) is 8.80 Å². The van der Waals surface area contributed by atoms with Crippen LogP contribution in [0, 0.1) is 0 Å². The Hall–Kier alpha value is -3.43. The third-order valence-corrected chi connectivity index (χ3v) is 4.98. The van der Waals surface area contributed by atoms with E-state index in [9.17, 15) is 0 Å². The van der Waals surface area contributed by atoms with Gasteiger partial charge in [0.1, 0.15) is 12.1 Å². The van der Waals surface area contributed by atoms with Gasteiger partial charge in [0.15, 0.2) is 0 Å². The number of rotatable bonds is 6. The molecule has 0 spiro atoms. The van der Waals surface area contributed by atoms with E-state index in [2.05, 4.69) is 48.5 Å². The van der Waals surface area contributed by atoms with Crippen molar-refractivity contribution in [3.8, 4) is 0 Å². The van der Waals surface area contributed by atoms with Crippen molar-refractivity contribution in [1.82, 2.24) is 0 Å². The van der Waals surface area contributed by atoms with Gasteiger partial charge in [0.25, 0.3) is 0 Å². The lowest BCUT2D eigenvalue weighted by Crippen LogP contribution is -2.03. The van der Waals surface area contributed by atoms with Crippen molar-refractivity contribution in [1.29, 1.82) is 0 Å². The van der Waals surface area contributed by atoms with Crippen LogP contribution in [0.2, 0.25) is 0 Å². The Labute approximate surface area is 176 Å². The molecule has 0 aromatic heterocycles. The number of hydrogen-bond acceptors (Lipinski definition) is 3. The Balaban J connectivity index is 1.72. The molecule has 0 saturated heterocycles. The zero-order valence-electron chi connectivity index (χ0n) is 15.8. The molecule has 4 aromatic carbocycles. The summed E-state index contributed by atoms with van der Waals surface area (Å²) in [6, 6.07) is 40.9. The fourth-order valence-electron chi connectivity index (χ4n) is 3.03. The van der Waals surface area contributed by atoms with Gasteiger partial charge in [-0.2, -0.15) is 8.80 Å². The van der Waals surface area contributed by atoms with Crippen molar-refractivity contribution in [2.45, 2.75) is 0 Å². The molecule has 0 unspecified atom stereocenters. The molecule has 0 aliphatic heterocycles. The van der Waals surface area contributed by atoms with Gasteiger partial charge in [0, 0.05) is 22.3 Å². The zero-order chi connectivity index (χ0) is 19.7. The smallest absolute Gasteiger partial charge is 0.116 e. The van der Waals surface area contributed by atoms with Gasteiger partial charge in [0.2, 0.25) is 0 Å². The van der Waals surface area contributed by atoms with Crippen molar-refractivity contribution in [2.75, 3.05) is 0 Å². The fraction of sp³-hybridized carbons (Fsp3) is 0. The third-order valence-electron chi connectivity index (χ3n) is 4.45. The lowest BCUT2D eigenvalue weighted by atomic mass is 10.0. The van der Waals surface area contributed by atoms with Crippen LogP contribution >= 0.6 is 12.1 Å². The summed E-state index contributed by atoms with van der Waals surface area (Å²) in [5, 5.41) is 0. The van der Waals surface area contributed by atoms with Crippen LogP contribution in [0.3, 0.4) is 0 Å². The maximum Gasteiger partial charge on any atom is 0.116 e. The van der Waals surface area contributed by atoms with Gasteiger partial charge in [0.05, 0.1) is 11.4 Å². The summed E-state index contributed by atoms with van der Waals surface area (Å²) in [6.45, 7) is 0. The first kappa shape index (κ1) is 18.9. The van der Waals surface area contributed by atoms with Gasteiger partial charge < -0.3 is 0 Å². The van der Waals surface area contributed by atoms with E-state index in [1.165, 1.54) is 12.1 Å². The highest BCUT2D eigenvalue weighted by Gasteiger charge is 2.09. The Morgan fingerprint density at radius 3 is 0.862 bits per heavy atom. The van der Waals surface area contributed by atoms with E-state index in [0.717, 1.165) is 33.7 Å². The second kappa shape index (κ2) is 9.67. The minimum atomic E-state index is 0.917. The highest BCUT2D eigenvalue weighted by molar-refractivity contribution is 7.97. The van der Waals surface area contributed by atoms with Gasteiger partial charge in [-0.1, -0.05) is 121 Å². The first-order chi connectivity index (χ1) is 14.4. The van der Waals surface area contributed by atoms with E-state index >= 15 is 0 Å². The Bertz CT molecular complexity index is 917. The van der Waals surface area contributed by atoms with Crippen LogP contribution in [0.4, 0.5) is 0 Å². The molecule has 4 aromatic rings. The SMILES string of the molecule is c1ccc(C(=NSN=C(c2ccccc2)c2ccccc2)c2ccccc2)cc1. The van der Waals surface area contributed by atoms with E-state index in [-0.39, 0.29) is 0 Å². The maximum atomic E-state index is 4.80. The van der Waals surface area contributed by atoms with Crippen molar-refractivity contribution in [3.05, 3.63) is 144 Å². The summed E-state index contributed by atoms with van der Waals surface area (Å²) in [6.07, 6.45) is 0. The maximum absolute atomic E-state index is 4.80. The van der Waals surface area contributed by atoms with E-state index < -0.39 is 0 Å². The van der Waals surface area contributed by atoms with Crippen LogP contribution < -0.4 is 0 Å². The second-order valence-corrected chi connectivity index (χ2v) is 6.95. The molecule has 29 heavy (non-hydrogen) atoms. The van der Waals surface area contributed by atoms with Crippen LogP contribution in [0.5, 0.6) is 0 Å². The predicted molar refractivity (Wildman–Crippen MR) is 125 cm³/mol. The molecule has 0 amide bonds. The van der Waals surface area contributed by atoms with Crippen LogP contribution in [0.1, 0.15) is 22.3 Å². The van der Waals surface area contributed by atoms with Crippen molar-refractivity contribution >= 4 is 23.6 Å². The Morgan fingerprint density at radius 1 is 0.379 bits per heavy atom. The molecule has 4 rings (SSSR count). The summed E-state index contributed by atoms with van der Waals surface area (Å²) < 4.78 is 9.60. The third kappa shape index (κ3) is 4.89. The minimum absolute atomic E-state index is 0.917. The lowest BCUT2D eigenvalue weighted by Gasteiger charge is -2.08. The van der Waals surface area contributed by atoms with E-state index in [1.807, 2.05) is 72.8 Å². The predicted octanol–water partition coefficient (Wildman–Crippen LogP) is 6.62. The van der Waals surface area contributed by atoms with Crippen molar-refractivity contribution in [2.24, 2.45) is 8.80 Å². The largest absolute Gasteiger partial charge is 0.192 e. The topological polar surface area (TPSA) is 24.7 Å². The molecule has 3 heteroatoms. The summed E-state index contributed by atoms with van der Waals surface area (Å²) in [4.78, 5) is 0. The molecular formula is C26H20N2S. The number of benzene rings is 4. The summed E-state index contributed by atoms with van der Waals surface area (Å²) in [5.41, 5.74) is 6.12. The molecule has 0 N–H and O–H groups in total. The molecule has 0 aliphatic carbocycles. The number of nitrogens with zero attached hydrogens (tertiary/aromatic N) is 2. The highest BCUT2D eigenvalue weighted by Crippen LogP contribution is 2.19. The fourth-order valence-corrected chi connectivity index (χ4v) is 3.66. The molecule has 0 heterocycles. The van der Waals surface area contributed by atoms with Gasteiger partial charge in [-0.25, -0.2) is 0 Å². The molecule has 0 atom stereocenters. The van der Waals surface area contributed by atoms with Crippen LogP contribution in [0.25, 0.3) is 0 Å². The molecule has 0 fully saturated rings. The zero-order valence-corrected chi connectivity index (χ0v) is 16.7. The summed E-state index contributed by atoms with van der Waals surface area (Å²) in [7, 11) is 0. The first-order valence-corrected chi connectivity index (χ1v) is 10.2. The standard InChI is InChI=1S/C26H20N2S/c1-5-13-21(14-6-1)25(22-15-7-2-8-16-22)27-29-28-26(23-17-9-3-10-18-23)24-19-11-4-12-20-24/h1-20H. The van der Waals surface area contributed by atoms with E-state index in [1.54, 1.807) is 0 Å². The molecule has 0 saturated carbocycles. The Kier molecular flexibility index (Phi) is 6.31. The van der Waals surface area contributed by atoms with Crippen molar-refractivity contribution in [3.63, 3.8) is 0 Å². The Morgan fingerprint density at radius 2 is 0.621 bits per heavy atom. The highest BCUT2D eigenvalue weighted by atomic mass is 32.2. The monoisotopic (exact) mass is 392 g/mol. The number of hydrogen-bond donors (Lipinski definition) is 0. The molecule has 0 aliphatic rings. The molecular weight excluding hydrogens is 372 g/mol. The molecule has 140 valence electrons. The average molecular weight is 393 g/mol. The van der Waals surface area contributed by atoms with Crippen LogP contribution in [-0.2, 0) is 0 Å². The molecule has 0 radical (unpaired) electrons. The van der Waals surface area contributed by atoms with Crippen LogP contribution in [0.15, 0.2) is 130 Å². The molecule has 2 nitrogen and oxygen atoms in total. The average Bonchev–Trinajstić information content (AvgIpc) is 2.81. The summed E-state index contributed by atoms with van der Waals surface area (Å²) >= 11 is 1.22. The van der Waals surface area contributed by atoms with Crippen molar-refractivity contribution < 1.29 is 0 Å². The molecule has 0 bridgehead atoms. The normalized spacial score (nSPS) is 10.2. The van der Waals surface area contributed by atoms with Gasteiger partial charge >= 0.3 is 0 Å². The van der Waals surface area contributed by atoms with Crippen LogP contribution in [-0.4, -0.2) is 11.4 Å². The van der Waals surface area contributed by atoms with Gasteiger partial charge in [-0.05, 0) is 0 Å².